The lowest BCUT2D eigenvalue weighted by molar-refractivity contribution is -0.151. The van der Waals surface area contributed by atoms with E-state index in [0.29, 0.717) is 17.9 Å². The first-order valence-corrected chi connectivity index (χ1v) is 12.0. The molecular formula is C27H36F3N3O2. The van der Waals surface area contributed by atoms with Gasteiger partial charge in [0.1, 0.15) is 5.75 Å². The topological polar surface area (TPSA) is 36.0 Å². The van der Waals surface area contributed by atoms with Crippen LogP contribution >= 0.6 is 0 Å². The summed E-state index contributed by atoms with van der Waals surface area (Å²) in [6.07, 6.45) is 0.595. The number of piperazine rings is 1. The van der Waals surface area contributed by atoms with Crippen LogP contribution in [-0.2, 0) is 4.79 Å². The third-order valence-corrected chi connectivity index (χ3v) is 6.20. The summed E-state index contributed by atoms with van der Waals surface area (Å²) in [6.45, 7) is 13.2. The van der Waals surface area contributed by atoms with Crippen LogP contribution in [0.3, 0.4) is 0 Å². The van der Waals surface area contributed by atoms with Crippen molar-refractivity contribution in [3.8, 4) is 5.75 Å². The molecule has 192 valence electrons. The van der Waals surface area contributed by atoms with Gasteiger partial charge in [0, 0.05) is 48.7 Å². The predicted octanol–water partition coefficient (Wildman–Crippen LogP) is 5.41. The minimum atomic E-state index is -4.24. The number of ether oxygens (including phenoxy) is 1. The second kappa shape index (κ2) is 10.5. The number of alkyl halides is 3. The molecule has 0 bridgehead atoms. The molecule has 0 spiro atoms. The number of rotatable bonds is 5. The molecule has 2 aliphatic rings. The second-order valence-electron chi connectivity index (χ2n) is 10.2. The molecule has 8 heteroatoms. The zero-order valence-electron chi connectivity index (χ0n) is 21.3. The molecule has 3 rings (SSSR count). The Labute approximate surface area is 206 Å². The molecule has 1 fully saturated rings. The molecule has 0 aromatic heterocycles. The molecule has 1 aromatic carbocycles. The summed E-state index contributed by atoms with van der Waals surface area (Å²) in [5, 5.41) is 0. The van der Waals surface area contributed by atoms with Gasteiger partial charge in [-0.2, -0.15) is 13.2 Å². The fraction of sp³-hybridized carbons (Fsp3) is 0.519. The fourth-order valence-corrected chi connectivity index (χ4v) is 4.54. The smallest absolute Gasteiger partial charge is 0.401 e. The molecule has 0 saturated carbocycles. The number of halogens is 3. The van der Waals surface area contributed by atoms with Crippen LogP contribution in [0.15, 0.2) is 42.1 Å². The van der Waals surface area contributed by atoms with E-state index in [-0.39, 0.29) is 37.5 Å². The Morgan fingerprint density at radius 3 is 2.34 bits per heavy atom. The number of hydrogen-bond acceptors (Lipinski definition) is 4. The van der Waals surface area contributed by atoms with Crippen LogP contribution < -0.4 is 4.74 Å². The van der Waals surface area contributed by atoms with Crippen LogP contribution in [0, 0.1) is 5.41 Å². The Balaban J connectivity index is 1.94. The van der Waals surface area contributed by atoms with E-state index in [9.17, 15) is 18.0 Å². The molecule has 1 amide bonds. The normalized spacial score (nSPS) is 18.2. The maximum atomic E-state index is 13.6. The van der Waals surface area contributed by atoms with E-state index < -0.39 is 12.7 Å². The Kier molecular flexibility index (Phi) is 8.04. The Morgan fingerprint density at radius 2 is 1.80 bits per heavy atom. The molecule has 1 aromatic rings. The minimum absolute atomic E-state index is 0.0661. The number of hydrogen-bond donors (Lipinski definition) is 0. The lowest BCUT2D eigenvalue weighted by atomic mass is 9.94. The molecule has 0 N–H and O–H groups in total. The van der Waals surface area contributed by atoms with Gasteiger partial charge in [-0.3, -0.25) is 9.69 Å². The molecule has 1 saturated heterocycles. The van der Waals surface area contributed by atoms with Crippen molar-refractivity contribution in [3.05, 3.63) is 53.3 Å². The van der Waals surface area contributed by atoms with Crippen molar-refractivity contribution in [1.82, 2.24) is 14.7 Å². The van der Waals surface area contributed by atoms with Crippen LogP contribution in [0.5, 0.6) is 5.75 Å². The molecule has 5 nitrogen and oxygen atoms in total. The van der Waals surface area contributed by atoms with Gasteiger partial charge >= 0.3 is 6.18 Å². The van der Waals surface area contributed by atoms with E-state index in [4.69, 9.17) is 4.74 Å². The molecular weight excluding hydrogens is 455 g/mol. The van der Waals surface area contributed by atoms with Crippen molar-refractivity contribution in [1.29, 1.82) is 0 Å². The largest absolute Gasteiger partial charge is 0.497 e. The summed E-state index contributed by atoms with van der Waals surface area (Å²) in [6, 6.07) is 5.72. The molecule has 0 aliphatic carbocycles. The van der Waals surface area contributed by atoms with Gasteiger partial charge in [-0.05, 0) is 41.7 Å². The van der Waals surface area contributed by atoms with Crippen LogP contribution in [0.2, 0.25) is 0 Å². The van der Waals surface area contributed by atoms with E-state index in [2.05, 4.69) is 45.2 Å². The van der Waals surface area contributed by atoms with Gasteiger partial charge in [0.2, 0.25) is 0 Å². The number of fused-ring (bicyclic) bond motifs is 1. The average Bonchev–Trinajstić information content (AvgIpc) is 2.92. The number of nitrogens with zero attached hydrogens (tertiary/aromatic N) is 3. The highest BCUT2D eigenvalue weighted by atomic mass is 19.4. The zero-order chi connectivity index (χ0) is 26.0. The van der Waals surface area contributed by atoms with Crippen molar-refractivity contribution < 1.29 is 22.7 Å². The van der Waals surface area contributed by atoms with Crippen molar-refractivity contribution in [2.75, 3.05) is 46.4 Å². The molecule has 0 unspecified atom stereocenters. The third kappa shape index (κ3) is 6.90. The summed E-state index contributed by atoms with van der Waals surface area (Å²) in [5.74, 6) is 0.520. The van der Waals surface area contributed by atoms with Gasteiger partial charge in [0.15, 0.2) is 0 Å². The Morgan fingerprint density at radius 1 is 1.14 bits per heavy atom. The minimum Gasteiger partial charge on any atom is -0.497 e. The quantitative estimate of drug-likeness (QED) is 0.552. The number of carbonyl (C=O) groups is 1. The number of allylic oxidation sites excluding steroid dienone is 2. The molecule has 35 heavy (non-hydrogen) atoms. The summed E-state index contributed by atoms with van der Waals surface area (Å²) in [5.41, 5.74) is 4.13. The Bertz CT molecular complexity index is 1010. The summed E-state index contributed by atoms with van der Waals surface area (Å²) in [7, 11) is 1.59. The standard InChI is InChI=1S/C27H36F3N3O2/c1-7-22(16-26(3,4)5)33-17-21(14-20-15-23(35-6)8-9-24(20)19(33)2)25(34)32-12-10-31(11-13-32)18-27(28,29)30/h8-9,14-16H,2,7,10-13,17-18H2,1,3-6H3/b22-16+. The molecule has 2 aliphatic heterocycles. The van der Waals surface area contributed by atoms with Crippen molar-refractivity contribution >= 4 is 17.7 Å². The molecule has 0 atom stereocenters. The lowest BCUT2D eigenvalue weighted by Crippen LogP contribution is -2.51. The monoisotopic (exact) mass is 491 g/mol. The van der Waals surface area contributed by atoms with Gasteiger partial charge in [0.05, 0.1) is 20.2 Å². The van der Waals surface area contributed by atoms with Gasteiger partial charge < -0.3 is 14.5 Å². The predicted molar refractivity (Wildman–Crippen MR) is 134 cm³/mol. The van der Waals surface area contributed by atoms with Crippen LogP contribution in [0.4, 0.5) is 13.2 Å². The van der Waals surface area contributed by atoms with E-state index in [1.807, 2.05) is 24.3 Å². The SMILES string of the molecule is C=C1c2ccc(OC)cc2C=C(C(=O)N2CCN(CC(F)(F)F)CC2)CN1/C(=C/C(C)(C)C)CC. The first-order valence-electron chi connectivity index (χ1n) is 12.0. The number of benzene rings is 1. The van der Waals surface area contributed by atoms with Crippen LogP contribution in [0.25, 0.3) is 11.8 Å². The number of methoxy groups -OCH3 is 1. The number of carbonyl (C=O) groups excluding carboxylic acids is 1. The average molecular weight is 492 g/mol. The summed E-state index contributed by atoms with van der Waals surface area (Å²) >= 11 is 0. The van der Waals surface area contributed by atoms with E-state index >= 15 is 0 Å². The molecule has 0 radical (unpaired) electrons. The highest BCUT2D eigenvalue weighted by Crippen LogP contribution is 2.35. The van der Waals surface area contributed by atoms with E-state index in [1.165, 1.54) is 4.90 Å². The second-order valence-corrected chi connectivity index (χ2v) is 10.2. The number of amides is 1. The molecule has 2 heterocycles. The zero-order valence-corrected chi connectivity index (χ0v) is 21.3. The van der Waals surface area contributed by atoms with Crippen LogP contribution in [0.1, 0.15) is 45.2 Å². The van der Waals surface area contributed by atoms with E-state index in [1.54, 1.807) is 12.0 Å². The maximum Gasteiger partial charge on any atom is 0.401 e. The first kappa shape index (κ1) is 26.9. The van der Waals surface area contributed by atoms with Gasteiger partial charge in [-0.25, -0.2) is 0 Å². The first-order chi connectivity index (χ1) is 16.3. The fourth-order valence-electron chi connectivity index (χ4n) is 4.54. The van der Waals surface area contributed by atoms with Crippen LogP contribution in [-0.4, -0.2) is 73.2 Å². The maximum absolute atomic E-state index is 13.6. The van der Waals surface area contributed by atoms with Crippen molar-refractivity contribution in [2.24, 2.45) is 5.41 Å². The lowest BCUT2D eigenvalue weighted by Gasteiger charge is -2.36. The van der Waals surface area contributed by atoms with Gasteiger partial charge in [-0.15, -0.1) is 0 Å². The summed E-state index contributed by atoms with van der Waals surface area (Å²) < 4.78 is 43.7. The Hall–Kier alpha value is -2.74. The van der Waals surface area contributed by atoms with E-state index in [0.717, 1.165) is 28.9 Å². The van der Waals surface area contributed by atoms with Gasteiger partial charge in [0.25, 0.3) is 5.91 Å². The van der Waals surface area contributed by atoms with Gasteiger partial charge in [-0.1, -0.05) is 40.3 Å². The highest BCUT2D eigenvalue weighted by molar-refractivity contribution is 6.00. The van der Waals surface area contributed by atoms with Crippen molar-refractivity contribution in [2.45, 2.75) is 40.3 Å². The third-order valence-electron chi connectivity index (χ3n) is 6.20. The van der Waals surface area contributed by atoms with Crippen molar-refractivity contribution in [3.63, 3.8) is 0 Å². The summed E-state index contributed by atoms with van der Waals surface area (Å²) in [4.78, 5) is 18.7. The highest BCUT2D eigenvalue weighted by Gasteiger charge is 2.34.